The van der Waals surface area contributed by atoms with Crippen molar-refractivity contribution in [2.75, 3.05) is 25.6 Å². The van der Waals surface area contributed by atoms with Gasteiger partial charge in [-0.25, -0.2) is 5.84 Å². The van der Waals surface area contributed by atoms with Crippen LogP contribution in [0.3, 0.4) is 0 Å². The van der Waals surface area contributed by atoms with Crippen molar-refractivity contribution in [3.8, 4) is 0 Å². The number of nitrogens with one attached hydrogen (secondary N) is 1. The third-order valence-corrected chi connectivity index (χ3v) is 2.76. The van der Waals surface area contributed by atoms with Gasteiger partial charge in [-0.05, 0) is 19.2 Å². The molecular formula is C9H21N3OS. The van der Waals surface area contributed by atoms with E-state index in [2.05, 4.69) is 11.7 Å². The van der Waals surface area contributed by atoms with Gasteiger partial charge in [0, 0.05) is 12.3 Å². The third-order valence-electron chi connectivity index (χ3n) is 2.17. The molecule has 4 nitrogen and oxygen atoms in total. The lowest BCUT2D eigenvalue weighted by Gasteiger charge is -2.29. The van der Waals surface area contributed by atoms with E-state index < -0.39 is 0 Å². The molecule has 0 aliphatic heterocycles. The number of hydrogen-bond acceptors (Lipinski definition) is 4. The Morgan fingerprint density at radius 3 is 2.50 bits per heavy atom. The summed E-state index contributed by atoms with van der Waals surface area (Å²) in [6, 6.07) is -0.132. The molecule has 0 heterocycles. The fraction of sp³-hybridized carbons (Fsp3) is 0.889. The molecule has 3 N–H and O–H groups in total. The predicted molar refractivity (Wildman–Crippen MR) is 62.0 cm³/mol. The Morgan fingerprint density at radius 2 is 2.14 bits per heavy atom. The maximum atomic E-state index is 11.5. The molecule has 84 valence electrons. The van der Waals surface area contributed by atoms with Crippen LogP contribution in [-0.4, -0.2) is 42.4 Å². The summed E-state index contributed by atoms with van der Waals surface area (Å²) < 4.78 is 0. The van der Waals surface area contributed by atoms with Gasteiger partial charge in [-0.2, -0.15) is 11.8 Å². The summed E-state index contributed by atoms with van der Waals surface area (Å²) in [6.07, 6.45) is 2.06. The Kier molecular flexibility index (Phi) is 6.96. The van der Waals surface area contributed by atoms with Crippen molar-refractivity contribution < 1.29 is 4.79 Å². The van der Waals surface area contributed by atoms with Gasteiger partial charge in [0.1, 0.15) is 0 Å². The quantitative estimate of drug-likeness (QED) is 0.383. The Hall–Kier alpha value is -0.260. The zero-order chi connectivity index (χ0) is 11.1. The van der Waals surface area contributed by atoms with Gasteiger partial charge < -0.3 is 0 Å². The number of hydrogen-bond donors (Lipinski definition) is 2. The first-order chi connectivity index (χ1) is 6.54. The van der Waals surface area contributed by atoms with E-state index in [0.717, 1.165) is 12.3 Å². The minimum absolute atomic E-state index is 0.108. The number of rotatable bonds is 6. The number of carbonyl (C=O) groups is 1. The molecule has 1 atom stereocenters. The smallest absolute Gasteiger partial charge is 0.251 e. The van der Waals surface area contributed by atoms with E-state index in [1.54, 1.807) is 11.8 Å². The maximum Gasteiger partial charge on any atom is 0.251 e. The highest BCUT2D eigenvalue weighted by atomic mass is 32.2. The Labute approximate surface area is 90.6 Å². The molecule has 0 spiro atoms. The van der Waals surface area contributed by atoms with Crippen LogP contribution in [-0.2, 0) is 4.79 Å². The molecule has 5 heteroatoms. The van der Waals surface area contributed by atoms with Crippen LogP contribution in [0.25, 0.3) is 0 Å². The molecule has 1 amide bonds. The zero-order valence-corrected chi connectivity index (χ0v) is 10.2. The summed E-state index contributed by atoms with van der Waals surface area (Å²) in [5.41, 5.74) is 2.22. The van der Waals surface area contributed by atoms with Crippen LogP contribution < -0.4 is 11.3 Å². The summed E-state index contributed by atoms with van der Waals surface area (Å²) in [6.45, 7) is 4.95. The largest absolute Gasteiger partial charge is 0.294 e. The van der Waals surface area contributed by atoms with Crippen LogP contribution in [0, 0.1) is 5.92 Å². The van der Waals surface area contributed by atoms with Crippen molar-refractivity contribution in [2.24, 2.45) is 11.8 Å². The second-order valence-electron chi connectivity index (χ2n) is 3.67. The van der Waals surface area contributed by atoms with Crippen LogP contribution in [0.4, 0.5) is 0 Å². The Morgan fingerprint density at radius 1 is 1.57 bits per heavy atom. The standard InChI is InChI=1S/C9H21N3OS/c1-7(2)8(9(13)11-10)12(3)5-6-14-4/h7-8H,5-6,10H2,1-4H3,(H,11,13). The van der Waals surface area contributed by atoms with E-state index in [0.29, 0.717) is 0 Å². The molecule has 0 rings (SSSR count). The molecule has 0 aromatic rings. The number of nitrogens with two attached hydrogens (primary N) is 1. The molecule has 0 radical (unpaired) electrons. The van der Waals surface area contributed by atoms with Crippen molar-refractivity contribution in [3.05, 3.63) is 0 Å². The summed E-state index contributed by atoms with van der Waals surface area (Å²) in [5, 5.41) is 0. The topological polar surface area (TPSA) is 58.4 Å². The molecule has 0 aliphatic rings. The fourth-order valence-electron chi connectivity index (χ4n) is 1.47. The molecule has 0 aromatic carbocycles. The van der Waals surface area contributed by atoms with Gasteiger partial charge >= 0.3 is 0 Å². The van der Waals surface area contributed by atoms with Crippen molar-refractivity contribution >= 4 is 17.7 Å². The highest BCUT2D eigenvalue weighted by Gasteiger charge is 2.25. The third kappa shape index (κ3) is 4.30. The Balaban J connectivity index is 4.25. The normalized spacial score (nSPS) is 13.4. The summed E-state index contributed by atoms with van der Waals surface area (Å²) >= 11 is 1.77. The molecule has 0 aromatic heterocycles. The Bertz CT molecular complexity index is 175. The van der Waals surface area contributed by atoms with Gasteiger partial charge in [0.05, 0.1) is 6.04 Å². The average Bonchev–Trinajstić information content (AvgIpc) is 2.14. The minimum Gasteiger partial charge on any atom is -0.294 e. The van der Waals surface area contributed by atoms with Gasteiger partial charge in [0.15, 0.2) is 0 Å². The minimum atomic E-state index is -0.132. The first-order valence-corrected chi connectivity index (χ1v) is 6.13. The van der Waals surface area contributed by atoms with Crippen LogP contribution in [0.1, 0.15) is 13.8 Å². The fourth-order valence-corrected chi connectivity index (χ4v) is 1.94. The van der Waals surface area contributed by atoms with Crippen molar-refractivity contribution in [1.82, 2.24) is 10.3 Å². The molecule has 0 fully saturated rings. The van der Waals surface area contributed by atoms with E-state index in [4.69, 9.17) is 5.84 Å². The highest BCUT2D eigenvalue weighted by Crippen LogP contribution is 2.09. The summed E-state index contributed by atoms with van der Waals surface area (Å²) in [4.78, 5) is 13.5. The number of nitrogens with zero attached hydrogens (tertiary/aromatic N) is 1. The first kappa shape index (κ1) is 13.7. The molecule has 14 heavy (non-hydrogen) atoms. The SMILES string of the molecule is CSCCN(C)C(C(=O)NN)C(C)C. The molecule has 0 saturated heterocycles. The first-order valence-electron chi connectivity index (χ1n) is 4.74. The van der Waals surface area contributed by atoms with Gasteiger partial charge in [-0.15, -0.1) is 0 Å². The summed E-state index contributed by atoms with van der Waals surface area (Å²) in [7, 11) is 1.95. The van der Waals surface area contributed by atoms with Gasteiger partial charge in [0.2, 0.25) is 0 Å². The van der Waals surface area contributed by atoms with Gasteiger partial charge in [-0.3, -0.25) is 15.1 Å². The lowest BCUT2D eigenvalue weighted by Crippen LogP contribution is -2.50. The van der Waals surface area contributed by atoms with Crippen LogP contribution in [0.2, 0.25) is 0 Å². The maximum absolute atomic E-state index is 11.5. The van der Waals surface area contributed by atoms with Crippen molar-refractivity contribution in [1.29, 1.82) is 0 Å². The zero-order valence-electron chi connectivity index (χ0n) is 9.41. The second kappa shape index (κ2) is 7.09. The van der Waals surface area contributed by atoms with Crippen LogP contribution in [0.15, 0.2) is 0 Å². The number of amides is 1. The van der Waals surface area contributed by atoms with E-state index in [9.17, 15) is 4.79 Å². The van der Waals surface area contributed by atoms with Crippen molar-refractivity contribution in [3.63, 3.8) is 0 Å². The van der Waals surface area contributed by atoms with Crippen molar-refractivity contribution in [2.45, 2.75) is 19.9 Å². The number of thioether (sulfide) groups is 1. The molecule has 0 aliphatic carbocycles. The van der Waals surface area contributed by atoms with Crippen LogP contribution >= 0.6 is 11.8 Å². The molecule has 0 saturated carbocycles. The van der Waals surface area contributed by atoms with E-state index in [1.165, 1.54) is 0 Å². The van der Waals surface area contributed by atoms with Crippen LogP contribution in [0.5, 0.6) is 0 Å². The predicted octanol–water partition coefficient (Wildman–Crippen LogP) is 0.296. The second-order valence-corrected chi connectivity index (χ2v) is 4.66. The number of likely N-dealkylation sites (N-methyl/N-ethyl adjacent to an activating group) is 1. The summed E-state index contributed by atoms with van der Waals surface area (Å²) in [5.74, 6) is 6.33. The molecule has 1 unspecified atom stereocenters. The van der Waals surface area contributed by atoms with E-state index in [-0.39, 0.29) is 17.9 Å². The average molecular weight is 219 g/mol. The monoisotopic (exact) mass is 219 g/mol. The van der Waals surface area contributed by atoms with E-state index >= 15 is 0 Å². The number of carbonyl (C=O) groups excluding carboxylic acids is 1. The lowest BCUT2D eigenvalue weighted by molar-refractivity contribution is -0.127. The lowest BCUT2D eigenvalue weighted by atomic mass is 10.0. The van der Waals surface area contributed by atoms with Gasteiger partial charge in [0.25, 0.3) is 5.91 Å². The molecule has 0 bridgehead atoms. The number of hydrazine groups is 1. The highest BCUT2D eigenvalue weighted by molar-refractivity contribution is 7.98. The molecular weight excluding hydrogens is 198 g/mol. The van der Waals surface area contributed by atoms with Gasteiger partial charge in [-0.1, -0.05) is 13.8 Å². The van der Waals surface area contributed by atoms with E-state index in [1.807, 2.05) is 25.8 Å².